The Morgan fingerprint density at radius 3 is 2.47 bits per heavy atom. The van der Waals surface area contributed by atoms with Gasteiger partial charge in [0.15, 0.2) is 5.82 Å². The van der Waals surface area contributed by atoms with Gasteiger partial charge in [-0.15, -0.1) is 16.4 Å². The van der Waals surface area contributed by atoms with Crippen LogP contribution in [0.4, 0.5) is 15.0 Å². The van der Waals surface area contributed by atoms with E-state index in [0.29, 0.717) is 34.6 Å². The molecule has 1 saturated carbocycles. The second kappa shape index (κ2) is 13.1. The lowest BCUT2D eigenvalue weighted by Gasteiger charge is -2.27. The summed E-state index contributed by atoms with van der Waals surface area (Å²) in [5.41, 5.74) is 0.838. The van der Waals surface area contributed by atoms with Crippen molar-refractivity contribution in [1.29, 1.82) is 0 Å². The molecule has 1 aliphatic carbocycles. The third-order valence-electron chi connectivity index (χ3n) is 8.26. The molecule has 12 heteroatoms. The number of morpholine rings is 1. The number of hydrogen-bond acceptors (Lipinski definition) is 8. The molecule has 45 heavy (non-hydrogen) atoms. The fraction of sp³-hybridized carbons (Fsp3) is 0.394. The number of halogens is 1. The number of carbonyl (C=O) groups is 3. The molecular weight excluding hydrogens is 597 g/mol. The van der Waals surface area contributed by atoms with Crippen molar-refractivity contribution in [2.75, 3.05) is 31.6 Å². The highest BCUT2D eigenvalue weighted by Gasteiger charge is 2.30. The third kappa shape index (κ3) is 6.92. The number of anilines is 1. The number of ether oxygens (including phenoxy) is 2. The fourth-order valence-corrected chi connectivity index (χ4v) is 6.77. The lowest BCUT2D eigenvalue weighted by atomic mass is 9.93. The van der Waals surface area contributed by atoms with Crippen LogP contribution in [0, 0.1) is 5.82 Å². The van der Waals surface area contributed by atoms with E-state index < -0.39 is 29.3 Å². The molecule has 0 spiro atoms. The van der Waals surface area contributed by atoms with Gasteiger partial charge >= 0.3 is 6.09 Å². The van der Waals surface area contributed by atoms with Gasteiger partial charge in [-0.3, -0.25) is 14.5 Å². The van der Waals surface area contributed by atoms with Crippen LogP contribution in [-0.4, -0.2) is 65.0 Å². The Hall–Kier alpha value is -4.13. The Labute approximate surface area is 264 Å². The number of rotatable bonds is 8. The molecule has 1 saturated heterocycles. The zero-order valence-corrected chi connectivity index (χ0v) is 26.1. The molecule has 1 aliphatic heterocycles. The highest BCUT2D eigenvalue weighted by molar-refractivity contribution is 7.20. The second-order valence-corrected chi connectivity index (χ2v) is 13.0. The van der Waals surface area contributed by atoms with Gasteiger partial charge in [-0.2, -0.15) is 4.68 Å². The summed E-state index contributed by atoms with van der Waals surface area (Å²) < 4.78 is 26.8. The first kappa shape index (κ1) is 30.9. The van der Waals surface area contributed by atoms with Crippen LogP contribution in [0.5, 0.6) is 0 Å². The lowest BCUT2D eigenvalue weighted by molar-refractivity contribution is 0.0342. The van der Waals surface area contributed by atoms with E-state index in [2.05, 4.69) is 20.6 Å². The van der Waals surface area contributed by atoms with Gasteiger partial charge in [-0.1, -0.05) is 30.3 Å². The van der Waals surface area contributed by atoms with Crippen LogP contribution in [0.3, 0.4) is 0 Å². The molecular formula is C33H36FN5O5S. The standard InChI is InChI=1S/C33H36FN5O5S/c1-33(2,25-9-5-6-10-26(25)34)36-30(41)27-19-24-28(37-39(31(24)45-27)32(42)44-23-7-3-4-8-23)35-29(40)22-13-11-21(12-14-22)20-38-15-17-43-18-16-38/h5-6,9-14,19,23H,3-4,7-8,15-18,20H2,1-2H3,(H,36,41)(H,35,37,40). The van der Waals surface area contributed by atoms with Crippen LogP contribution in [0.2, 0.25) is 0 Å². The number of thiophene rings is 1. The highest BCUT2D eigenvalue weighted by atomic mass is 32.1. The maximum absolute atomic E-state index is 14.5. The summed E-state index contributed by atoms with van der Waals surface area (Å²) in [5, 5.41) is 10.6. The van der Waals surface area contributed by atoms with Crippen molar-refractivity contribution in [2.24, 2.45) is 0 Å². The number of nitrogens with zero attached hydrogens (tertiary/aromatic N) is 3. The molecule has 10 nitrogen and oxygen atoms in total. The monoisotopic (exact) mass is 633 g/mol. The average Bonchev–Trinajstić information content (AvgIpc) is 3.77. The van der Waals surface area contributed by atoms with E-state index in [1.54, 1.807) is 50.2 Å². The highest BCUT2D eigenvalue weighted by Crippen LogP contribution is 2.34. The van der Waals surface area contributed by atoms with Gasteiger partial charge in [0.25, 0.3) is 11.8 Å². The van der Waals surface area contributed by atoms with Crippen molar-refractivity contribution in [3.8, 4) is 0 Å². The molecule has 3 heterocycles. The van der Waals surface area contributed by atoms with Gasteiger partial charge in [0, 0.05) is 30.8 Å². The van der Waals surface area contributed by atoms with Crippen LogP contribution in [0.15, 0.2) is 54.6 Å². The zero-order chi connectivity index (χ0) is 31.6. The zero-order valence-electron chi connectivity index (χ0n) is 25.3. The van der Waals surface area contributed by atoms with Gasteiger partial charge in [0.1, 0.15) is 16.8 Å². The van der Waals surface area contributed by atoms with Crippen molar-refractivity contribution in [1.82, 2.24) is 20.0 Å². The molecule has 236 valence electrons. The topological polar surface area (TPSA) is 115 Å². The Morgan fingerprint density at radius 1 is 1.04 bits per heavy atom. The van der Waals surface area contributed by atoms with E-state index in [0.717, 1.165) is 66.9 Å². The molecule has 2 aromatic carbocycles. The van der Waals surface area contributed by atoms with Crippen LogP contribution in [0.1, 0.15) is 70.7 Å². The Bertz CT molecular complexity index is 1700. The summed E-state index contributed by atoms with van der Waals surface area (Å²) in [6, 6.07) is 15.2. The molecule has 6 rings (SSSR count). The maximum atomic E-state index is 14.5. The average molecular weight is 634 g/mol. The second-order valence-electron chi connectivity index (χ2n) is 12.0. The van der Waals surface area contributed by atoms with Crippen molar-refractivity contribution in [3.63, 3.8) is 0 Å². The summed E-state index contributed by atoms with van der Waals surface area (Å²) in [6.45, 7) is 7.37. The smallest absolute Gasteiger partial charge is 0.436 e. The summed E-state index contributed by atoms with van der Waals surface area (Å²) >= 11 is 1.05. The molecule has 2 aliphatic rings. The van der Waals surface area contributed by atoms with E-state index in [9.17, 15) is 18.8 Å². The maximum Gasteiger partial charge on any atom is 0.436 e. The number of nitrogens with one attached hydrogen (secondary N) is 2. The first-order valence-corrected chi connectivity index (χ1v) is 16.0. The van der Waals surface area contributed by atoms with Gasteiger partial charge in [-0.05, 0) is 69.4 Å². The SMILES string of the molecule is CC(C)(NC(=O)c1cc2c(NC(=O)c3ccc(CN4CCOCC4)cc3)nn(C(=O)OC3CCCC3)c2s1)c1ccccc1F. The molecule has 2 fully saturated rings. The summed E-state index contributed by atoms with van der Waals surface area (Å²) in [5.74, 6) is -1.14. The Kier molecular flexibility index (Phi) is 8.97. The number of hydrogen-bond donors (Lipinski definition) is 2. The fourth-order valence-electron chi connectivity index (χ4n) is 5.77. The van der Waals surface area contributed by atoms with Gasteiger partial charge in [0.2, 0.25) is 0 Å². The third-order valence-corrected chi connectivity index (χ3v) is 9.37. The van der Waals surface area contributed by atoms with Crippen LogP contribution < -0.4 is 10.6 Å². The van der Waals surface area contributed by atoms with Crippen LogP contribution >= 0.6 is 11.3 Å². The minimum atomic E-state index is -1.02. The summed E-state index contributed by atoms with van der Waals surface area (Å²) in [4.78, 5) is 42.9. The lowest BCUT2D eigenvalue weighted by Crippen LogP contribution is -2.41. The Morgan fingerprint density at radius 2 is 1.76 bits per heavy atom. The van der Waals surface area contributed by atoms with E-state index >= 15 is 0 Å². The molecule has 0 atom stereocenters. The number of amides is 2. The molecule has 2 amide bonds. The number of carbonyl (C=O) groups excluding carboxylic acids is 3. The van der Waals surface area contributed by atoms with Crippen LogP contribution in [-0.2, 0) is 21.6 Å². The normalized spacial score (nSPS) is 16.2. The first-order chi connectivity index (χ1) is 21.7. The quantitative estimate of drug-likeness (QED) is 0.248. The van der Waals surface area contributed by atoms with E-state index in [1.807, 2.05) is 12.1 Å². The van der Waals surface area contributed by atoms with Crippen molar-refractivity contribution in [3.05, 3.63) is 82.0 Å². The van der Waals surface area contributed by atoms with E-state index in [-0.39, 0.29) is 16.8 Å². The number of aromatic nitrogens is 2. The summed E-state index contributed by atoms with van der Waals surface area (Å²) in [7, 11) is 0. The number of benzene rings is 2. The molecule has 2 aromatic heterocycles. The predicted molar refractivity (Wildman–Crippen MR) is 169 cm³/mol. The van der Waals surface area contributed by atoms with Crippen molar-refractivity contribution >= 4 is 45.3 Å². The molecule has 0 radical (unpaired) electrons. The van der Waals surface area contributed by atoms with E-state index in [4.69, 9.17) is 9.47 Å². The molecule has 0 unspecified atom stereocenters. The van der Waals surface area contributed by atoms with Crippen molar-refractivity contribution < 1.29 is 28.2 Å². The first-order valence-electron chi connectivity index (χ1n) is 15.2. The molecule has 2 N–H and O–H groups in total. The molecule has 4 aromatic rings. The van der Waals surface area contributed by atoms with Gasteiger partial charge in [-0.25, -0.2) is 9.18 Å². The number of fused-ring (bicyclic) bond motifs is 1. The minimum Gasteiger partial charge on any atom is -0.445 e. The summed E-state index contributed by atoms with van der Waals surface area (Å²) in [6.07, 6.45) is 2.67. The minimum absolute atomic E-state index is 0.138. The predicted octanol–water partition coefficient (Wildman–Crippen LogP) is 5.91. The van der Waals surface area contributed by atoms with Gasteiger partial charge < -0.3 is 20.1 Å². The van der Waals surface area contributed by atoms with E-state index in [1.165, 1.54) is 6.07 Å². The van der Waals surface area contributed by atoms with Crippen molar-refractivity contribution in [2.45, 2.75) is 57.7 Å². The Balaban J connectivity index is 1.24. The van der Waals surface area contributed by atoms with Gasteiger partial charge in [0.05, 0.1) is 29.0 Å². The van der Waals surface area contributed by atoms with Crippen LogP contribution in [0.25, 0.3) is 10.2 Å². The largest absolute Gasteiger partial charge is 0.445 e. The molecule has 0 bridgehead atoms.